The van der Waals surface area contributed by atoms with Gasteiger partial charge in [-0.1, -0.05) is 43.2 Å². The van der Waals surface area contributed by atoms with Crippen LogP contribution in [0.25, 0.3) is 0 Å². The first-order chi connectivity index (χ1) is 16.0. The second-order valence-corrected chi connectivity index (χ2v) is 8.65. The zero-order valence-corrected chi connectivity index (χ0v) is 19.5. The zero-order chi connectivity index (χ0) is 23.4. The van der Waals surface area contributed by atoms with Crippen LogP contribution in [0.4, 0.5) is 0 Å². The maximum Gasteiger partial charge on any atom is 0.262 e. The third kappa shape index (κ3) is 4.87. The van der Waals surface area contributed by atoms with Gasteiger partial charge in [0.1, 0.15) is 18.0 Å². The van der Waals surface area contributed by atoms with Crippen LogP contribution in [-0.2, 0) is 9.59 Å². The van der Waals surface area contributed by atoms with Crippen molar-refractivity contribution in [1.29, 1.82) is 0 Å². The summed E-state index contributed by atoms with van der Waals surface area (Å²) in [5.74, 6) is 1.30. The highest BCUT2D eigenvalue weighted by Crippen LogP contribution is 2.38. The van der Waals surface area contributed by atoms with Crippen molar-refractivity contribution in [2.75, 3.05) is 27.8 Å². The van der Waals surface area contributed by atoms with E-state index in [9.17, 15) is 9.59 Å². The number of ether oxygens (including phenoxy) is 2. The third-order valence-corrected chi connectivity index (χ3v) is 6.52. The molecule has 2 amide bonds. The van der Waals surface area contributed by atoms with Gasteiger partial charge in [-0.05, 0) is 31.0 Å². The van der Waals surface area contributed by atoms with E-state index in [0.717, 1.165) is 48.3 Å². The average molecular weight is 450 g/mol. The van der Waals surface area contributed by atoms with E-state index in [1.54, 1.807) is 26.2 Å². The van der Waals surface area contributed by atoms with Crippen molar-refractivity contribution < 1.29 is 19.1 Å². The number of hydrogen-bond acceptors (Lipinski definition) is 5. The number of para-hydroxylation sites is 1. The molecule has 1 aliphatic carbocycles. The van der Waals surface area contributed by atoms with Gasteiger partial charge >= 0.3 is 0 Å². The van der Waals surface area contributed by atoms with E-state index in [1.807, 2.05) is 48.5 Å². The fraction of sp³-hybridized carbons (Fsp3) is 0.423. The molecular weight excluding hydrogens is 418 g/mol. The lowest BCUT2D eigenvalue weighted by Crippen LogP contribution is -2.41. The summed E-state index contributed by atoms with van der Waals surface area (Å²) in [4.78, 5) is 27.8. The number of methoxy groups -OCH3 is 2. The summed E-state index contributed by atoms with van der Waals surface area (Å²) in [6, 6.07) is 15.0. The zero-order valence-electron chi connectivity index (χ0n) is 19.5. The molecule has 0 saturated heterocycles. The molecule has 1 unspecified atom stereocenters. The van der Waals surface area contributed by atoms with Crippen molar-refractivity contribution in [3.8, 4) is 11.5 Å². The predicted octanol–water partition coefficient (Wildman–Crippen LogP) is 4.03. The minimum Gasteiger partial charge on any atom is -0.497 e. The topological polar surface area (TPSA) is 71.4 Å². The second-order valence-electron chi connectivity index (χ2n) is 8.65. The molecule has 1 atom stereocenters. The van der Waals surface area contributed by atoms with E-state index in [4.69, 9.17) is 14.6 Å². The number of hydrogen-bond donors (Lipinski definition) is 0. The number of amides is 2. The minimum absolute atomic E-state index is 0.00409. The monoisotopic (exact) mass is 449 g/mol. The second kappa shape index (κ2) is 10.1. The van der Waals surface area contributed by atoms with E-state index < -0.39 is 0 Å². The van der Waals surface area contributed by atoms with Gasteiger partial charge in [0.15, 0.2) is 0 Å². The van der Waals surface area contributed by atoms with Gasteiger partial charge in [-0.2, -0.15) is 5.10 Å². The Morgan fingerprint density at radius 3 is 2.55 bits per heavy atom. The quantitative estimate of drug-likeness (QED) is 0.640. The van der Waals surface area contributed by atoms with Crippen LogP contribution in [0.2, 0.25) is 0 Å². The number of benzene rings is 2. The van der Waals surface area contributed by atoms with Gasteiger partial charge in [0.25, 0.3) is 5.91 Å². The van der Waals surface area contributed by atoms with E-state index in [-0.39, 0.29) is 30.3 Å². The van der Waals surface area contributed by atoms with E-state index in [2.05, 4.69) is 0 Å². The predicted molar refractivity (Wildman–Crippen MR) is 126 cm³/mol. The molecule has 1 heterocycles. The maximum atomic E-state index is 13.4. The standard InChI is InChI=1S/C26H31N3O4/c1-28(26(31)18-9-4-5-10-18)17-25(30)29-23(21-13-6-7-14-24(21)33-3)16-22(27-29)19-11-8-12-20(15-19)32-2/h6-8,11-15,18,23H,4-5,9-10,16-17H2,1-3H3. The summed E-state index contributed by atoms with van der Waals surface area (Å²) in [7, 11) is 4.96. The molecule has 1 aliphatic heterocycles. The molecule has 0 spiro atoms. The van der Waals surface area contributed by atoms with E-state index >= 15 is 0 Å². The summed E-state index contributed by atoms with van der Waals surface area (Å²) in [6.45, 7) is -0.00409. The lowest BCUT2D eigenvalue weighted by Gasteiger charge is -2.26. The van der Waals surface area contributed by atoms with Crippen molar-refractivity contribution in [2.24, 2.45) is 11.0 Å². The number of nitrogens with zero attached hydrogens (tertiary/aromatic N) is 3. The van der Waals surface area contributed by atoms with Crippen LogP contribution in [0.5, 0.6) is 11.5 Å². The first-order valence-corrected chi connectivity index (χ1v) is 11.4. The van der Waals surface area contributed by atoms with Crippen LogP contribution in [0.15, 0.2) is 53.6 Å². The molecule has 0 aromatic heterocycles. The van der Waals surface area contributed by atoms with Crippen LogP contribution < -0.4 is 9.47 Å². The minimum atomic E-state index is -0.315. The smallest absolute Gasteiger partial charge is 0.262 e. The molecule has 1 saturated carbocycles. The van der Waals surface area contributed by atoms with E-state index in [1.165, 1.54) is 5.01 Å². The molecule has 2 aromatic carbocycles. The molecule has 4 rings (SSSR count). The van der Waals surface area contributed by atoms with Crippen LogP contribution in [-0.4, -0.2) is 55.2 Å². The van der Waals surface area contributed by atoms with Crippen LogP contribution in [0, 0.1) is 5.92 Å². The molecule has 0 radical (unpaired) electrons. The SMILES string of the molecule is COc1cccc(C2=NN(C(=O)CN(C)C(=O)C3CCCC3)C(c3ccccc3OC)C2)c1. The van der Waals surface area contributed by atoms with Gasteiger partial charge in [0.05, 0.1) is 26.0 Å². The number of hydrazone groups is 1. The number of carbonyl (C=O) groups is 2. The van der Waals surface area contributed by atoms with Gasteiger partial charge in [-0.15, -0.1) is 0 Å². The van der Waals surface area contributed by atoms with Crippen molar-refractivity contribution in [3.05, 3.63) is 59.7 Å². The fourth-order valence-electron chi connectivity index (χ4n) is 4.74. The van der Waals surface area contributed by atoms with Gasteiger partial charge < -0.3 is 14.4 Å². The summed E-state index contributed by atoms with van der Waals surface area (Å²) in [5.41, 5.74) is 2.59. The lowest BCUT2D eigenvalue weighted by molar-refractivity contribution is -0.142. The third-order valence-electron chi connectivity index (χ3n) is 6.52. The summed E-state index contributed by atoms with van der Waals surface area (Å²) < 4.78 is 10.9. The Hall–Kier alpha value is -3.35. The summed E-state index contributed by atoms with van der Waals surface area (Å²) >= 11 is 0. The number of rotatable bonds is 7. The molecule has 2 aliphatic rings. The van der Waals surface area contributed by atoms with Crippen LogP contribution >= 0.6 is 0 Å². The molecule has 0 bridgehead atoms. The molecule has 1 fully saturated rings. The largest absolute Gasteiger partial charge is 0.497 e. The van der Waals surface area contributed by atoms with Crippen LogP contribution in [0.3, 0.4) is 0 Å². The Kier molecular flexibility index (Phi) is 6.96. The molecule has 33 heavy (non-hydrogen) atoms. The van der Waals surface area contributed by atoms with Gasteiger partial charge in [0.2, 0.25) is 5.91 Å². The maximum absolute atomic E-state index is 13.4. The average Bonchev–Trinajstić information content (AvgIpc) is 3.54. The molecule has 7 nitrogen and oxygen atoms in total. The molecular formula is C26H31N3O4. The van der Waals surface area contributed by atoms with Crippen molar-refractivity contribution in [3.63, 3.8) is 0 Å². The highest BCUT2D eigenvalue weighted by atomic mass is 16.5. The highest BCUT2D eigenvalue weighted by molar-refractivity contribution is 6.03. The van der Waals surface area contributed by atoms with E-state index in [0.29, 0.717) is 12.2 Å². The molecule has 2 aromatic rings. The Bertz CT molecular complexity index is 1050. The highest BCUT2D eigenvalue weighted by Gasteiger charge is 2.36. The van der Waals surface area contributed by atoms with Gasteiger partial charge in [-0.25, -0.2) is 5.01 Å². The molecule has 7 heteroatoms. The normalized spacial score (nSPS) is 18.2. The number of likely N-dealkylation sites (N-methyl/N-ethyl adjacent to an activating group) is 1. The van der Waals surface area contributed by atoms with Crippen molar-refractivity contribution in [1.82, 2.24) is 9.91 Å². The summed E-state index contributed by atoms with van der Waals surface area (Å²) in [5, 5.41) is 6.25. The van der Waals surface area contributed by atoms with Gasteiger partial charge in [-0.3, -0.25) is 9.59 Å². The van der Waals surface area contributed by atoms with Crippen molar-refractivity contribution in [2.45, 2.75) is 38.1 Å². The Labute approximate surface area is 195 Å². The fourth-order valence-corrected chi connectivity index (χ4v) is 4.74. The van der Waals surface area contributed by atoms with Crippen LogP contribution in [0.1, 0.15) is 49.3 Å². The Morgan fingerprint density at radius 2 is 1.82 bits per heavy atom. The Balaban J connectivity index is 1.61. The number of carbonyl (C=O) groups excluding carboxylic acids is 2. The Morgan fingerprint density at radius 1 is 1.06 bits per heavy atom. The first kappa shape index (κ1) is 22.8. The first-order valence-electron chi connectivity index (χ1n) is 11.4. The summed E-state index contributed by atoms with van der Waals surface area (Å²) in [6.07, 6.45) is 4.51. The van der Waals surface area contributed by atoms with Crippen molar-refractivity contribution >= 4 is 17.5 Å². The molecule has 0 N–H and O–H groups in total. The molecule has 174 valence electrons. The lowest BCUT2D eigenvalue weighted by atomic mass is 9.97. The van der Waals surface area contributed by atoms with Gasteiger partial charge in [0, 0.05) is 30.5 Å².